The number of benzene rings is 1. The highest BCUT2D eigenvalue weighted by Gasteiger charge is 2.01. The van der Waals surface area contributed by atoms with Crippen LogP contribution in [0.4, 0.5) is 4.39 Å². The van der Waals surface area contributed by atoms with Crippen molar-refractivity contribution in [2.24, 2.45) is 5.73 Å². The van der Waals surface area contributed by atoms with E-state index >= 15 is 0 Å². The molecule has 0 unspecified atom stereocenters. The topological polar surface area (TPSA) is 43.1 Å². The average molecular weight is 199 g/mol. The zero-order chi connectivity index (χ0) is 11.0. The van der Waals surface area contributed by atoms with Gasteiger partial charge in [-0.25, -0.2) is 4.39 Å². The van der Waals surface area contributed by atoms with Crippen LogP contribution in [0.3, 0.4) is 0 Å². The molecule has 1 atom stereocenters. The quantitative estimate of drug-likeness (QED) is 0.758. The Morgan fingerprint density at radius 3 is 2.36 bits per heavy atom. The van der Waals surface area contributed by atoms with Crippen molar-refractivity contribution in [3.8, 4) is 0 Å². The van der Waals surface area contributed by atoms with Gasteiger partial charge in [0.05, 0.1) is 6.04 Å². The Balaban J connectivity index is 0. The van der Waals surface area contributed by atoms with Crippen LogP contribution in [-0.4, -0.2) is 12.3 Å². The number of hydrogen-bond donors (Lipinski definition) is 1. The number of rotatable bonds is 3. The third kappa shape index (κ3) is 4.72. The summed E-state index contributed by atoms with van der Waals surface area (Å²) >= 11 is 0. The molecule has 0 aromatic heterocycles. The fraction of sp³-hybridized carbons (Fsp3) is 0.364. The van der Waals surface area contributed by atoms with Crippen molar-refractivity contribution in [3.05, 3.63) is 35.6 Å². The van der Waals surface area contributed by atoms with Gasteiger partial charge >= 0.3 is 0 Å². The van der Waals surface area contributed by atoms with Crippen LogP contribution in [0.15, 0.2) is 24.3 Å². The van der Waals surface area contributed by atoms with Gasteiger partial charge in [-0.3, -0.25) is 0 Å². The molecular weight excluding hydrogens is 181 g/mol. The van der Waals surface area contributed by atoms with E-state index in [0.29, 0.717) is 12.7 Å². The van der Waals surface area contributed by atoms with Crippen molar-refractivity contribution < 1.29 is 10.6 Å². The number of nitrogens with two attached hydrogens (primary N) is 1. The molecule has 80 valence electrons. The Kier molecular flexibility index (Phi) is 6.58. The predicted octanol–water partition coefficient (Wildman–Crippen LogP) is 2.17. The predicted molar refractivity (Wildman–Crippen MR) is 57.6 cm³/mol. The average Bonchev–Trinajstić information content (AvgIpc) is 2.24. The molecule has 1 rings (SSSR count). The largest absolute Gasteiger partial charge is 0.321 e. The van der Waals surface area contributed by atoms with Gasteiger partial charge in [-0.15, -0.1) is 0 Å². The molecular formula is C11H18FNO. The van der Waals surface area contributed by atoms with Gasteiger partial charge in [0.1, 0.15) is 12.1 Å². The summed E-state index contributed by atoms with van der Waals surface area (Å²) in [5.74, 6) is -0.279. The Morgan fingerprint density at radius 2 is 1.93 bits per heavy atom. The summed E-state index contributed by atoms with van der Waals surface area (Å²) < 4.78 is 12.4. The van der Waals surface area contributed by atoms with E-state index in [9.17, 15) is 9.18 Å². The van der Waals surface area contributed by atoms with Crippen LogP contribution < -0.4 is 5.73 Å². The molecule has 0 saturated heterocycles. The second kappa shape index (κ2) is 7.21. The number of aldehydes is 1. The minimum Gasteiger partial charge on any atom is -0.321 e. The third-order valence-electron chi connectivity index (χ3n) is 1.56. The first-order valence-corrected chi connectivity index (χ1v) is 4.67. The van der Waals surface area contributed by atoms with Crippen LogP contribution in [0.2, 0.25) is 0 Å². The van der Waals surface area contributed by atoms with E-state index in [2.05, 4.69) is 0 Å². The lowest BCUT2D eigenvalue weighted by molar-refractivity contribution is -0.108. The molecule has 0 heterocycles. The molecule has 0 aliphatic carbocycles. The summed E-state index contributed by atoms with van der Waals surface area (Å²) in [5.41, 5.74) is 6.25. The molecule has 0 radical (unpaired) electrons. The van der Waals surface area contributed by atoms with E-state index in [-0.39, 0.29) is 7.24 Å². The van der Waals surface area contributed by atoms with E-state index in [1.807, 2.05) is 13.8 Å². The van der Waals surface area contributed by atoms with Crippen LogP contribution in [0.1, 0.15) is 20.8 Å². The van der Waals surface area contributed by atoms with Gasteiger partial charge in [-0.2, -0.15) is 0 Å². The van der Waals surface area contributed by atoms with E-state index in [0.717, 1.165) is 5.56 Å². The number of carbonyl (C=O) groups excluding carboxylic acids is 1. The van der Waals surface area contributed by atoms with Crippen molar-refractivity contribution in [2.45, 2.75) is 26.3 Å². The summed E-state index contributed by atoms with van der Waals surface area (Å²) in [7, 11) is 0. The maximum absolute atomic E-state index is 12.4. The Morgan fingerprint density at radius 1 is 1.43 bits per heavy atom. The highest BCUT2D eigenvalue weighted by atomic mass is 19.1. The van der Waals surface area contributed by atoms with Gasteiger partial charge in [-0.1, -0.05) is 26.0 Å². The number of carbonyl (C=O) groups is 1. The second-order valence-corrected chi connectivity index (χ2v) is 2.63. The maximum atomic E-state index is 12.4. The van der Waals surface area contributed by atoms with Crippen molar-refractivity contribution in [1.29, 1.82) is 0 Å². The van der Waals surface area contributed by atoms with Gasteiger partial charge in [0.25, 0.3) is 0 Å². The molecule has 0 saturated carbocycles. The highest BCUT2D eigenvalue weighted by Crippen LogP contribution is 2.03. The summed E-state index contributed by atoms with van der Waals surface area (Å²) in [6.45, 7) is 4.00. The molecule has 14 heavy (non-hydrogen) atoms. The molecule has 2 nitrogen and oxygen atoms in total. The minimum atomic E-state index is -0.490. The minimum absolute atomic E-state index is 0. The molecule has 0 amide bonds. The summed E-state index contributed by atoms with van der Waals surface area (Å²) in [4.78, 5) is 10.2. The molecule has 0 spiro atoms. The SMILES string of the molecule is CC.N[C@H](C=O)Cc1ccc(F)cc1.[HH]. The van der Waals surface area contributed by atoms with E-state index < -0.39 is 6.04 Å². The van der Waals surface area contributed by atoms with Crippen LogP contribution >= 0.6 is 0 Å². The molecule has 3 heteroatoms. The van der Waals surface area contributed by atoms with Crippen LogP contribution in [0.25, 0.3) is 0 Å². The fourth-order valence-corrected chi connectivity index (χ4v) is 0.941. The number of halogens is 1. The first kappa shape index (κ1) is 12.8. The lowest BCUT2D eigenvalue weighted by atomic mass is 10.1. The van der Waals surface area contributed by atoms with Gasteiger partial charge in [0.15, 0.2) is 0 Å². The van der Waals surface area contributed by atoms with Crippen molar-refractivity contribution in [3.63, 3.8) is 0 Å². The van der Waals surface area contributed by atoms with Gasteiger partial charge in [-0.05, 0) is 24.1 Å². The first-order valence-electron chi connectivity index (χ1n) is 4.67. The molecule has 0 aliphatic rings. The lowest BCUT2D eigenvalue weighted by Crippen LogP contribution is -2.23. The van der Waals surface area contributed by atoms with Crippen molar-refractivity contribution in [1.82, 2.24) is 0 Å². The Labute approximate surface area is 85.4 Å². The van der Waals surface area contributed by atoms with Crippen molar-refractivity contribution in [2.75, 3.05) is 0 Å². The van der Waals surface area contributed by atoms with Crippen LogP contribution in [-0.2, 0) is 11.2 Å². The monoisotopic (exact) mass is 199 g/mol. The summed E-state index contributed by atoms with van der Waals surface area (Å²) in [6.07, 6.45) is 1.15. The molecule has 1 aromatic rings. The lowest BCUT2D eigenvalue weighted by Gasteiger charge is -2.02. The number of hydrogen-bond acceptors (Lipinski definition) is 2. The Bertz CT molecular complexity index is 264. The fourth-order valence-electron chi connectivity index (χ4n) is 0.941. The smallest absolute Gasteiger partial charge is 0.137 e. The van der Waals surface area contributed by atoms with E-state index in [1.165, 1.54) is 12.1 Å². The molecule has 0 fully saturated rings. The summed E-state index contributed by atoms with van der Waals surface area (Å²) in [5, 5.41) is 0. The zero-order valence-corrected chi connectivity index (χ0v) is 8.53. The molecule has 1 aromatic carbocycles. The normalized spacial score (nSPS) is 11.1. The summed E-state index contributed by atoms with van der Waals surface area (Å²) in [6, 6.07) is 5.47. The van der Waals surface area contributed by atoms with Crippen LogP contribution in [0, 0.1) is 5.82 Å². The highest BCUT2D eigenvalue weighted by molar-refractivity contribution is 5.57. The standard InChI is InChI=1S/C9H10FNO.C2H6.H2/c10-8-3-1-7(2-4-8)5-9(11)6-12;1-2;/h1-4,6,9H,5,11H2;1-2H3;1H/t9-;;/m0../s1. The molecule has 0 aliphatic heterocycles. The van der Waals surface area contributed by atoms with Crippen molar-refractivity contribution >= 4 is 6.29 Å². The first-order chi connectivity index (χ1) is 6.72. The van der Waals surface area contributed by atoms with E-state index in [4.69, 9.17) is 5.73 Å². The second-order valence-electron chi connectivity index (χ2n) is 2.63. The van der Waals surface area contributed by atoms with Gasteiger partial charge in [0.2, 0.25) is 0 Å². The molecule has 0 bridgehead atoms. The third-order valence-corrected chi connectivity index (χ3v) is 1.56. The van der Waals surface area contributed by atoms with E-state index in [1.54, 1.807) is 12.1 Å². The van der Waals surface area contributed by atoms with Gasteiger partial charge in [0, 0.05) is 1.43 Å². The Hall–Kier alpha value is -1.22. The molecule has 2 N–H and O–H groups in total. The zero-order valence-electron chi connectivity index (χ0n) is 8.53. The maximum Gasteiger partial charge on any atom is 0.137 e. The van der Waals surface area contributed by atoms with Gasteiger partial charge < -0.3 is 10.5 Å². The van der Waals surface area contributed by atoms with Crippen LogP contribution in [0.5, 0.6) is 0 Å².